The highest BCUT2D eigenvalue weighted by atomic mass is 32.1. The Morgan fingerprint density at radius 2 is 1.81 bits per heavy atom. The molecule has 2 rings (SSSR count). The SMILES string of the molecule is CC(c1ccccc1F)N(C)Cc1ccccc1C(N)=S. The maximum atomic E-state index is 13.9. The summed E-state index contributed by atoms with van der Waals surface area (Å²) in [5.74, 6) is -0.181. The van der Waals surface area contributed by atoms with Crippen molar-refractivity contribution in [2.75, 3.05) is 7.05 Å². The van der Waals surface area contributed by atoms with Gasteiger partial charge in [0.2, 0.25) is 0 Å². The number of nitrogens with two attached hydrogens (primary N) is 1. The van der Waals surface area contributed by atoms with Crippen LogP contribution in [0.4, 0.5) is 4.39 Å². The predicted octanol–water partition coefficient (Wildman–Crippen LogP) is 3.65. The third kappa shape index (κ3) is 3.65. The summed E-state index contributed by atoms with van der Waals surface area (Å²) in [6, 6.07) is 14.6. The van der Waals surface area contributed by atoms with E-state index in [0.717, 1.165) is 11.1 Å². The average molecular weight is 302 g/mol. The Morgan fingerprint density at radius 1 is 1.19 bits per heavy atom. The van der Waals surface area contributed by atoms with Crippen LogP contribution in [-0.2, 0) is 6.54 Å². The van der Waals surface area contributed by atoms with Crippen molar-refractivity contribution in [1.29, 1.82) is 0 Å². The lowest BCUT2D eigenvalue weighted by molar-refractivity contribution is 0.248. The van der Waals surface area contributed by atoms with Gasteiger partial charge in [-0.3, -0.25) is 4.90 Å². The van der Waals surface area contributed by atoms with E-state index in [2.05, 4.69) is 4.90 Å². The number of rotatable bonds is 5. The molecule has 21 heavy (non-hydrogen) atoms. The van der Waals surface area contributed by atoms with Crippen molar-refractivity contribution >= 4 is 17.2 Å². The molecule has 0 aliphatic rings. The summed E-state index contributed by atoms with van der Waals surface area (Å²) in [6.45, 7) is 2.64. The van der Waals surface area contributed by atoms with Crippen molar-refractivity contribution in [2.24, 2.45) is 5.73 Å². The van der Waals surface area contributed by atoms with Crippen LogP contribution >= 0.6 is 12.2 Å². The van der Waals surface area contributed by atoms with Crippen LogP contribution in [0, 0.1) is 5.82 Å². The highest BCUT2D eigenvalue weighted by molar-refractivity contribution is 7.80. The first-order valence-corrected chi connectivity index (χ1v) is 7.24. The van der Waals surface area contributed by atoms with Gasteiger partial charge in [-0.2, -0.15) is 0 Å². The fraction of sp³-hybridized carbons (Fsp3) is 0.235. The van der Waals surface area contributed by atoms with E-state index in [1.54, 1.807) is 6.07 Å². The van der Waals surface area contributed by atoms with Crippen molar-refractivity contribution in [3.8, 4) is 0 Å². The highest BCUT2D eigenvalue weighted by Gasteiger charge is 2.16. The number of thiocarbonyl (C=S) groups is 1. The van der Waals surface area contributed by atoms with Crippen LogP contribution in [0.25, 0.3) is 0 Å². The molecule has 0 saturated heterocycles. The van der Waals surface area contributed by atoms with Crippen molar-refractivity contribution in [2.45, 2.75) is 19.5 Å². The zero-order chi connectivity index (χ0) is 15.4. The lowest BCUT2D eigenvalue weighted by Gasteiger charge is -2.26. The van der Waals surface area contributed by atoms with E-state index >= 15 is 0 Å². The molecule has 1 unspecified atom stereocenters. The van der Waals surface area contributed by atoms with Gasteiger partial charge in [-0.25, -0.2) is 4.39 Å². The molecule has 0 aromatic heterocycles. The van der Waals surface area contributed by atoms with E-state index in [9.17, 15) is 4.39 Å². The summed E-state index contributed by atoms with van der Waals surface area (Å²) in [5, 5.41) is 0. The molecule has 0 bridgehead atoms. The summed E-state index contributed by atoms with van der Waals surface area (Å²) in [5.41, 5.74) is 8.37. The van der Waals surface area contributed by atoms with Crippen LogP contribution in [0.3, 0.4) is 0 Å². The quantitative estimate of drug-likeness (QED) is 0.855. The van der Waals surface area contributed by atoms with Gasteiger partial charge in [-0.1, -0.05) is 54.7 Å². The Labute approximate surface area is 130 Å². The number of benzene rings is 2. The van der Waals surface area contributed by atoms with Crippen LogP contribution in [0.15, 0.2) is 48.5 Å². The fourth-order valence-electron chi connectivity index (χ4n) is 2.36. The van der Waals surface area contributed by atoms with Crippen LogP contribution in [0.2, 0.25) is 0 Å². The molecule has 0 spiro atoms. The molecule has 0 amide bonds. The minimum atomic E-state index is -0.181. The van der Waals surface area contributed by atoms with Gasteiger partial charge in [0.25, 0.3) is 0 Å². The molecule has 1 atom stereocenters. The monoisotopic (exact) mass is 302 g/mol. The highest BCUT2D eigenvalue weighted by Crippen LogP contribution is 2.24. The normalized spacial score (nSPS) is 12.4. The van der Waals surface area contributed by atoms with Crippen LogP contribution in [0.5, 0.6) is 0 Å². The molecule has 0 aliphatic carbocycles. The van der Waals surface area contributed by atoms with Gasteiger partial charge in [-0.15, -0.1) is 0 Å². The molecule has 2 nitrogen and oxygen atoms in total. The number of hydrogen-bond acceptors (Lipinski definition) is 2. The average Bonchev–Trinajstić information content (AvgIpc) is 2.47. The molecule has 0 heterocycles. The molecule has 0 saturated carbocycles. The number of halogens is 1. The van der Waals surface area contributed by atoms with E-state index < -0.39 is 0 Å². The Morgan fingerprint density at radius 3 is 2.48 bits per heavy atom. The minimum Gasteiger partial charge on any atom is -0.389 e. The van der Waals surface area contributed by atoms with Gasteiger partial charge >= 0.3 is 0 Å². The summed E-state index contributed by atoms with van der Waals surface area (Å²) in [6.07, 6.45) is 0. The van der Waals surface area contributed by atoms with Crippen LogP contribution in [0.1, 0.15) is 29.7 Å². The van der Waals surface area contributed by atoms with Gasteiger partial charge < -0.3 is 5.73 Å². The second kappa shape index (κ2) is 6.78. The Kier molecular flexibility index (Phi) is 5.04. The molecule has 110 valence electrons. The first kappa shape index (κ1) is 15.6. The molecule has 4 heteroatoms. The molecular formula is C17H19FN2S. The third-order valence-electron chi connectivity index (χ3n) is 3.72. The molecule has 0 aliphatic heterocycles. The Balaban J connectivity index is 2.20. The topological polar surface area (TPSA) is 29.3 Å². The number of hydrogen-bond donors (Lipinski definition) is 1. The second-order valence-electron chi connectivity index (χ2n) is 5.13. The van der Waals surface area contributed by atoms with E-state index in [4.69, 9.17) is 18.0 Å². The summed E-state index contributed by atoms with van der Waals surface area (Å²) < 4.78 is 13.9. The Hall–Kier alpha value is -1.78. The van der Waals surface area contributed by atoms with E-state index in [-0.39, 0.29) is 11.9 Å². The smallest absolute Gasteiger partial charge is 0.127 e. The molecule has 2 aromatic carbocycles. The summed E-state index contributed by atoms with van der Waals surface area (Å²) >= 11 is 5.08. The second-order valence-corrected chi connectivity index (χ2v) is 5.57. The third-order valence-corrected chi connectivity index (χ3v) is 3.94. The van der Waals surface area contributed by atoms with Crippen molar-refractivity contribution in [3.63, 3.8) is 0 Å². The van der Waals surface area contributed by atoms with Gasteiger partial charge in [-0.05, 0) is 25.6 Å². The maximum absolute atomic E-state index is 13.9. The van der Waals surface area contributed by atoms with E-state index in [1.807, 2.05) is 50.4 Å². The predicted molar refractivity (Wildman–Crippen MR) is 88.6 cm³/mol. The lowest BCUT2D eigenvalue weighted by Crippen LogP contribution is -2.24. The zero-order valence-electron chi connectivity index (χ0n) is 12.2. The minimum absolute atomic E-state index is 0.0365. The van der Waals surface area contributed by atoms with Crippen molar-refractivity contribution in [1.82, 2.24) is 4.90 Å². The van der Waals surface area contributed by atoms with Gasteiger partial charge in [0.15, 0.2) is 0 Å². The van der Waals surface area contributed by atoms with Gasteiger partial charge in [0.1, 0.15) is 10.8 Å². The molecule has 2 aromatic rings. The first-order chi connectivity index (χ1) is 10.0. The lowest BCUT2D eigenvalue weighted by atomic mass is 10.0. The van der Waals surface area contributed by atoms with E-state index in [0.29, 0.717) is 17.1 Å². The summed E-state index contributed by atoms with van der Waals surface area (Å²) in [4.78, 5) is 2.47. The number of nitrogens with zero attached hydrogens (tertiary/aromatic N) is 1. The van der Waals surface area contributed by atoms with Gasteiger partial charge in [0, 0.05) is 23.7 Å². The zero-order valence-corrected chi connectivity index (χ0v) is 13.0. The molecule has 2 N–H and O–H groups in total. The van der Waals surface area contributed by atoms with Crippen molar-refractivity contribution < 1.29 is 4.39 Å². The maximum Gasteiger partial charge on any atom is 0.127 e. The first-order valence-electron chi connectivity index (χ1n) is 6.83. The van der Waals surface area contributed by atoms with Crippen LogP contribution in [-0.4, -0.2) is 16.9 Å². The van der Waals surface area contributed by atoms with Crippen molar-refractivity contribution in [3.05, 3.63) is 71.0 Å². The molecule has 0 fully saturated rings. The fourth-order valence-corrected chi connectivity index (χ4v) is 2.55. The van der Waals surface area contributed by atoms with Crippen LogP contribution < -0.4 is 5.73 Å². The molecular weight excluding hydrogens is 283 g/mol. The largest absolute Gasteiger partial charge is 0.389 e. The summed E-state index contributed by atoms with van der Waals surface area (Å²) in [7, 11) is 1.97. The van der Waals surface area contributed by atoms with Gasteiger partial charge in [0.05, 0.1) is 0 Å². The Bertz CT molecular complexity index is 642. The molecule has 0 radical (unpaired) electrons. The standard InChI is InChI=1S/C17H19FN2S/c1-12(14-8-5-6-10-16(14)18)20(2)11-13-7-3-4-9-15(13)17(19)21/h3-10,12H,11H2,1-2H3,(H2,19,21). The van der Waals surface area contributed by atoms with E-state index in [1.165, 1.54) is 6.07 Å².